The number of hydrogen-bond donors (Lipinski definition) is 2. The SMILES string of the molecule is Nc1nc(CC(=O)N(CC(=O)O)C2CCS(=O)(=O)C2)cs1. The second kappa shape index (κ2) is 5.98. The molecule has 2 rings (SSSR count). The Bertz CT molecular complexity index is 655. The first-order valence-electron chi connectivity index (χ1n) is 6.18. The molecule has 10 heteroatoms. The molecule has 1 fully saturated rings. The van der Waals surface area contributed by atoms with Crippen LogP contribution in [0.15, 0.2) is 5.38 Å². The Balaban J connectivity index is 2.12. The number of carbonyl (C=O) groups excluding carboxylic acids is 1. The fourth-order valence-corrected chi connectivity index (χ4v) is 4.54. The zero-order valence-corrected chi connectivity index (χ0v) is 12.7. The van der Waals surface area contributed by atoms with E-state index in [1.54, 1.807) is 5.38 Å². The van der Waals surface area contributed by atoms with Gasteiger partial charge in [-0.2, -0.15) is 0 Å². The normalized spacial score (nSPS) is 20.3. The highest BCUT2D eigenvalue weighted by atomic mass is 32.2. The number of aromatic nitrogens is 1. The van der Waals surface area contributed by atoms with Crippen molar-refractivity contribution in [2.45, 2.75) is 18.9 Å². The molecule has 1 atom stereocenters. The van der Waals surface area contributed by atoms with Crippen LogP contribution in [0.3, 0.4) is 0 Å². The van der Waals surface area contributed by atoms with Crippen molar-refractivity contribution in [3.63, 3.8) is 0 Å². The Labute approximate surface area is 125 Å². The molecule has 1 aromatic rings. The maximum absolute atomic E-state index is 12.2. The molecule has 2 heterocycles. The lowest BCUT2D eigenvalue weighted by molar-refractivity contribution is -0.145. The number of carboxylic acid groups (broad SMARTS) is 1. The van der Waals surface area contributed by atoms with Crippen molar-refractivity contribution in [3.05, 3.63) is 11.1 Å². The maximum Gasteiger partial charge on any atom is 0.323 e. The van der Waals surface area contributed by atoms with Gasteiger partial charge in [-0.25, -0.2) is 13.4 Å². The van der Waals surface area contributed by atoms with E-state index in [0.29, 0.717) is 10.8 Å². The highest BCUT2D eigenvalue weighted by Gasteiger charge is 2.35. The van der Waals surface area contributed by atoms with Gasteiger partial charge < -0.3 is 15.7 Å². The summed E-state index contributed by atoms with van der Waals surface area (Å²) in [6.45, 7) is -0.515. The van der Waals surface area contributed by atoms with Gasteiger partial charge in [0.05, 0.1) is 23.6 Å². The van der Waals surface area contributed by atoms with Gasteiger partial charge in [0.25, 0.3) is 0 Å². The van der Waals surface area contributed by atoms with Crippen molar-refractivity contribution < 1.29 is 23.1 Å². The molecule has 1 aromatic heterocycles. The summed E-state index contributed by atoms with van der Waals surface area (Å²) in [5.74, 6) is -1.84. The van der Waals surface area contributed by atoms with E-state index in [1.165, 1.54) is 11.3 Å². The third kappa shape index (κ3) is 4.14. The number of nitrogen functional groups attached to an aromatic ring is 1. The van der Waals surface area contributed by atoms with Crippen LogP contribution in [-0.2, 0) is 25.8 Å². The van der Waals surface area contributed by atoms with Crippen molar-refractivity contribution >= 4 is 38.2 Å². The number of rotatable bonds is 5. The summed E-state index contributed by atoms with van der Waals surface area (Å²) in [7, 11) is -3.20. The van der Waals surface area contributed by atoms with Gasteiger partial charge in [-0.1, -0.05) is 0 Å². The molecule has 0 saturated carbocycles. The number of amides is 1. The third-order valence-electron chi connectivity index (χ3n) is 3.18. The number of hydrogen-bond acceptors (Lipinski definition) is 7. The summed E-state index contributed by atoms with van der Waals surface area (Å²) in [5.41, 5.74) is 5.94. The summed E-state index contributed by atoms with van der Waals surface area (Å²) in [6, 6.07) is -0.588. The van der Waals surface area contributed by atoms with Gasteiger partial charge in [0.1, 0.15) is 6.54 Å². The molecule has 1 saturated heterocycles. The average molecular weight is 333 g/mol. The lowest BCUT2D eigenvalue weighted by atomic mass is 10.2. The molecule has 8 nitrogen and oxygen atoms in total. The second-order valence-electron chi connectivity index (χ2n) is 4.83. The van der Waals surface area contributed by atoms with E-state index in [4.69, 9.17) is 10.8 Å². The van der Waals surface area contributed by atoms with Crippen LogP contribution in [0.5, 0.6) is 0 Å². The van der Waals surface area contributed by atoms with Crippen LogP contribution in [0.1, 0.15) is 12.1 Å². The quantitative estimate of drug-likeness (QED) is 0.733. The van der Waals surface area contributed by atoms with Crippen LogP contribution in [0.25, 0.3) is 0 Å². The lowest BCUT2D eigenvalue weighted by Crippen LogP contribution is -2.45. The van der Waals surface area contributed by atoms with Gasteiger partial charge >= 0.3 is 5.97 Å². The van der Waals surface area contributed by atoms with Crippen molar-refractivity contribution in [2.24, 2.45) is 0 Å². The summed E-state index contributed by atoms with van der Waals surface area (Å²) in [4.78, 5) is 28.2. The van der Waals surface area contributed by atoms with Gasteiger partial charge in [-0.15, -0.1) is 11.3 Å². The number of anilines is 1. The van der Waals surface area contributed by atoms with E-state index in [9.17, 15) is 18.0 Å². The molecule has 1 amide bonds. The Hall–Kier alpha value is -1.68. The van der Waals surface area contributed by atoms with E-state index in [0.717, 1.165) is 4.90 Å². The molecule has 0 bridgehead atoms. The van der Waals surface area contributed by atoms with E-state index < -0.39 is 34.3 Å². The number of nitrogens with zero attached hydrogens (tertiary/aromatic N) is 2. The Morgan fingerprint density at radius 1 is 1.52 bits per heavy atom. The van der Waals surface area contributed by atoms with Crippen LogP contribution < -0.4 is 5.73 Å². The lowest BCUT2D eigenvalue weighted by Gasteiger charge is -2.26. The van der Waals surface area contributed by atoms with Crippen molar-refractivity contribution in [1.29, 1.82) is 0 Å². The molecule has 1 aliphatic heterocycles. The fourth-order valence-electron chi connectivity index (χ4n) is 2.25. The van der Waals surface area contributed by atoms with E-state index >= 15 is 0 Å². The molecule has 116 valence electrons. The number of sulfone groups is 1. The zero-order valence-electron chi connectivity index (χ0n) is 11.1. The number of aliphatic carboxylic acids is 1. The van der Waals surface area contributed by atoms with Crippen LogP contribution >= 0.6 is 11.3 Å². The van der Waals surface area contributed by atoms with Crippen LogP contribution in [0.4, 0.5) is 5.13 Å². The molecule has 1 aliphatic rings. The third-order valence-corrected chi connectivity index (χ3v) is 5.65. The van der Waals surface area contributed by atoms with Gasteiger partial charge in [-0.05, 0) is 6.42 Å². The Morgan fingerprint density at radius 3 is 2.71 bits per heavy atom. The number of carboxylic acids is 1. The first kappa shape index (κ1) is 15.7. The van der Waals surface area contributed by atoms with Gasteiger partial charge in [0, 0.05) is 11.4 Å². The monoisotopic (exact) mass is 333 g/mol. The molecule has 0 radical (unpaired) electrons. The summed E-state index contributed by atoms with van der Waals surface area (Å²) in [6.07, 6.45) is 0.179. The standard InChI is InChI=1S/C11H15N3O5S2/c12-11-13-7(5-20-11)3-9(15)14(4-10(16)17)8-1-2-21(18,19)6-8/h5,8H,1-4,6H2,(H2,12,13)(H,16,17). The van der Waals surface area contributed by atoms with Gasteiger partial charge in [-0.3, -0.25) is 9.59 Å². The van der Waals surface area contributed by atoms with Crippen LogP contribution in [-0.4, -0.2) is 59.4 Å². The van der Waals surface area contributed by atoms with Crippen molar-refractivity contribution in [1.82, 2.24) is 9.88 Å². The average Bonchev–Trinajstić information content (AvgIpc) is 2.92. The predicted octanol–water partition coefficient (Wildman–Crippen LogP) is -0.632. The highest BCUT2D eigenvalue weighted by Crippen LogP contribution is 2.19. The number of carbonyl (C=O) groups is 2. The summed E-state index contributed by atoms with van der Waals surface area (Å²) >= 11 is 1.19. The molecule has 3 N–H and O–H groups in total. The first-order valence-corrected chi connectivity index (χ1v) is 8.88. The highest BCUT2D eigenvalue weighted by molar-refractivity contribution is 7.91. The zero-order chi connectivity index (χ0) is 15.6. The molecule has 0 spiro atoms. The van der Waals surface area contributed by atoms with Crippen molar-refractivity contribution in [3.8, 4) is 0 Å². The number of nitrogens with two attached hydrogens (primary N) is 1. The minimum Gasteiger partial charge on any atom is -0.480 e. The maximum atomic E-state index is 12.2. The molecule has 0 aromatic carbocycles. The molecule has 21 heavy (non-hydrogen) atoms. The molecule has 0 aliphatic carbocycles. The topological polar surface area (TPSA) is 131 Å². The van der Waals surface area contributed by atoms with E-state index in [2.05, 4.69) is 4.98 Å². The van der Waals surface area contributed by atoms with Crippen molar-refractivity contribution in [2.75, 3.05) is 23.8 Å². The van der Waals surface area contributed by atoms with E-state index in [-0.39, 0.29) is 24.3 Å². The largest absolute Gasteiger partial charge is 0.480 e. The molecular formula is C11H15N3O5S2. The predicted molar refractivity (Wildman–Crippen MR) is 76.6 cm³/mol. The Morgan fingerprint density at radius 2 is 2.24 bits per heavy atom. The van der Waals surface area contributed by atoms with Gasteiger partial charge in [0.2, 0.25) is 5.91 Å². The molecule has 1 unspecified atom stereocenters. The van der Waals surface area contributed by atoms with Crippen LogP contribution in [0.2, 0.25) is 0 Å². The first-order chi connectivity index (χ1) is 9.77. The number of thiazole rings is 1. The van der Waals surface area contributed by atoms with Crippen LogP contribution in [0, 0.1) is 0 Å². The molecular weight excluding hydrogens is 318 g/mol. The summed E-state index contributed by atoms with van der Waals surface area (Å²) in [5, 5.41) is 10.9. The second-order valence-corrected chi connectivity index (χ2v) is 7.94. The Kier molecular flexibility index (Phi) is 4.47. The van der Waals surface area contributed by atoms with E-state index in [1.807, 2.05) is 0 Å². The van der Waals surface area contributed by atoms with Gasteiger partial charge in [0.15, 0.2) is 15.0 Å². The minimum atomic E-state index is -3.20. The summed E-state index contributed by atoms with van der Waals surface area (Å²) < 4.78 is 23.0. The smallest absolute Gasteiger partial charge is 0.323 e. The minimum absolute atomic E-state index is 0.0231. The fraction of sp³-hybridized carbons (Fsp3) is 0.545.